The van der Waals surface area contributed by atoms with Crippen LogP contribution in [-0.2, 0) is 4.79 Å². The summed E-state index contributed by atoms with van der Waals surface area (Å²) in [6.07, 6.45) is 1.42. The van der Waals surface area contributed by atoms with Crippen LogP contribution in [0.4, 0.5) is 0 Å². The fourth-order valence-corrected chi connectivity index (χ4v) is 2.07. The van der Waals surface area contributed by atoms with Gasteiger partial charge in [0, 0.05) is 32.7 Å². The van der Waals surface area contributed by atoms with Crippen molar-refractivity contribution in [3.05, 3.63) is 0 Å². The maximum absolute atomic E-state index is 11.9. The molecule has 0 unspecified atom stereocenters. The minimum absolute atomic E-state index is 0.137. The molecule has 1 heterocycles. The Morgan fingerprint density at radius 3 is 2.28 bits per heavy atom. The second-order valence-corrected chi connectivity index (χ2v) is 5.22. The maximum atomic E-state index is 11.9. The van der Waals surface area contributed by atoms with Crippen LogP contribution in [0.2, 0.25) is 0 Å². The summed E-state index contributed by atoms with van der Waals surface area (Å²) in [6, 6.07) is 0. The predicted molar refractivity (Wildman–Crippen MR) is 72.5 cm³/mol. The highest BCUT2D eigenvalue weighted by Crippen LogP contribution is 2.12. The molecular formula is C13H27N3O2. The van der Waals surface area contributed by atoms with E-state index in [0.717, 1.165) is 26.2 Å². The summed E-state index contributed by atoms with van der Waals surface area (Å²) in [5.41, 5.74) is -0.678. The van der Waals surface area contributed by atoms with Gasteiger partial charge >= 0.3 is 0 Å². The molecule has 1 fully saturated rings. The maximum Gasteiger partial charge on any atom is 0.236 e. The summed E-state index contributed by atoms with van der Waals surface area (Å²) in [6.45, 7) is 8.25. The van der Waals surface area contributed by atoms with Crippen LogP contribution in [0.25, 0.3) is 0 Å². The highest BCUT2D eigenvalue weighted by atomic mass is 16.3. The van der Waals surface area contributed by atoms with Crippen molar-refractivity contribution in [2.45, 2.75) is 32.3 Å². The molecular weight excluding hydrogens is 230 g/mol. The molecule has 2 N–H and O–H groups in total. The smallest absolute Gasteiger partial charge is 0.236 e. The zero-order valence-corrected chi connectivity index (χ0v) is 11.9. The minimum Gasteiger partial charge on any atom is -0.389 e. The predicted octanol–water partition coefficient (Wildman–Crippen LogP) is -0.0989. The Bertz CT molecular complexity index is 259. The summed E-state index contributed by atoms with van der Waals surface area (Å²) in [5, 5.41) is 13.2. The summed E-state index contributed by atoms with van der Waals surface area (Å²) in [7, 11) is 2.07. The Labute approximate surface area is 110 Å². The lowest BCUT2D eigenvalue weighted by atomic mass is 9.98. The number of carbonyl (C=O) groups is 1. The fraction of sp³-hybridized carbons (Fsp3) is 0.923. The van der Waals surface area contributed by atoms with Crippen molar-refractivity contribution in [2.24, 2.45) is 0 Å². The number of hydrogen-bond donors (Lipinski definition) is 2. The average Bonchev–Trinajstić information content (AvgIpc) is 2.39. The van der Waals surface area contributed by atoms with E-state index in [2.05, 4.69) is 17.3 Å². The number of amides is 1. The van der Waals surface area contributed by atoms with Gasteiger partial charge in [-0.2, -0.15) is 0 Å². The third-order valence-corrected chi connectivity index (χ3v) is 3.90. The molecule has 0 radical (unpaired) electrons. The SMILES string of the molecule is CCC(O)(CC)CNCC(=O)N1CCN(C)CC1. The van der Waals surface area contributed by atoms with Crippen molar-refractivity contribution in [1.29, 1.82) is 0 Å². The Kier molecular flexibility index (Phi) is 6.05. The third kappa shape index (κ3) is 4.55. The van der Waals surface area contributed by atoms with Gasteiger partial charge in [0.1, 0.15) is 0 Å². The van der Waals surface area contributed by atoms with Crippen LogP contribution < -0.4 is 5.32 Å². The van der Waals surface area contributed by atoms with Gasteiger partial charge in [-0.05, 0) is 19.9 Å². The first-order valence-electron chi connectivity index (χ1n) is 6.90. The molecule has 5 nitrogen and oxygen atoms in total. The minimum atomic E-state index is -0.678. The summed E-state index contributed by atoms with van der Waals surface area (Å²) < 4.78 is 0. The van der Waals surface area contributed by atoms with E-state index in [9.17, 15) is 9.90 Å². The lowest BCUT2D eigenvalue weighted by molar-refractivity contribution is -0.131. The largest absolute Gasteiger partial charge is 0.389 e. The lowest BCUT2D eigenvalue weighted by Gasteiger charge is -2.33. The Balaban J connectivity index is 2.25. The van der Waals surface area contributed by atoms with Crippen molar-refractivity contribution in [2.75, 3.05) is 46.3 Å². The molecule has 0 aromatic rings. The number of rotatable bonds is 6. The molecule has 0 aromatic heterocycles. The van der Waals surface area contributed by atoms with E-state index in [-0.39, 0.29) is 5.91 Å². The van der Waals surface area contributed by atoms with Crippen LogP contribution in [0.1, 0.15) is 26.7 Å². The van der Waals surface area contributed by atoms with E-state index in [1.165, 1.54) is 0 Å². The van der Waals surface area contributed by atoms with Crippen molar-refractivity contribution in [1.82, 2.24) is 15.1 Å². The van der Waals surface area contributed by atoms with Gasteiger partial charge in [0.05, 0.1) is 12.1 Å². The number of nitrogens with zero attached hydrogens (tertiary/aromatic N) is 2. The Morgan fingerprint density at radius 1 is 1.22 bits per heavy atom. The molecule has 5 heteroatoms. The van der Waals surface area contributed by atoms with E-state index in [4.69, 9.17) is 0 Å². The first-order chi connectivity index (χ1) is 8.50. The third-order valence-electron chi connectivity index (χ3n) is 3.90. The molecule has 0 saturated carbocycles. The average molecular weight is 257 g/mol. The number of piperazine rings is 1. The van der Waals surface area contributed by atoms with Crippen LogP contribution in [0.5, 0.6) is 0 Å². The van der Waals surface area contributed by atoms with Gasteiger partial charge in [0.25, 0.3) is 0 Å². The molecule has 1 aliphatic heterocycles. The number of likely N-dealkylation sites (N-methyl/N-ethyl adjacent to an activating group) is 1. The molecule has 0 spiro atoms. The molecule has 18 heavy (non-hydrogen) atoms. The summed E-state index contributed by atoms with van der Waals surface area (Å²) in [5.74, 6) is 0.137. The van der Waals surface area contributed by atoms with E-state index >= 15 is 0 Å². The van der Waals surface area contributed by atoms with Crippen LogP contribution in [0, 0.1) is 0 Å². The molecule has 1 saturated heterocycles. The van der Waals surface area contributed by atoms with Gasteiger partial charge in [-0.3, -0.25) is 4.79 Å². The van der Waals surface area contributed by atoms with Crippen LogP contribution in [0.3, 0.4) is 0 Å². The zero-order valence-electron chi connectivity index (χ0n) is 11.9. The molecule has 1 amide bonds. The highest BCUT2D eigenvalue weighted by Gasteiger charge is 2.23. The van der Waals surface area contributed by atoms with Gasteiger partial charge in [-0.1, -0.05) is 13.8 Å². The summed E-state index contributed by atoms with van der Waals surface area (Å²) >= 11 is 0. The van der Waals surface area contributed by atoms with Crippen molar-refractivity contribution in [3.63, 3.8) is 0 Å². The molecule has 0 bridgehead atoms. The number of nitrogens with one attached hydrogen (secondary N) is 1. The van der Waals surface area contributed by atoms with Crippen molar-refractivity contribution < 1.29 is 9.90 Å². The molecule has 1 aliphatic rings. The van der Waals surface area contributed by atoms with E-state index in [0.29, 0.717) is 25.9 Å². The summed E-state index contributed by atoms with van der Waals surface area (Å²) in [4.78, 5) is 16.0. The van der Waals surface area contributed by atoms with Gasteiger partial charge in [0.15, 0.2) is 0 Å². The number of carbonyl (C=O) groups excluding carboxylic acids is 1. The molecule has 0 aliphatic carbocycles. The molecule has 0 atom stereocenters. The monoisotopic (exact) mass is 257 g/mol. The molecule has 106 valence electrons. The topological polar surface area (TPSA) is 55.8 Å². The van der Waals surface area contributed by atoms with Gasteiger partial charge in [-0.25, -0.2) is 0 Å². The van der Waals surface area contributed by atoms with Crippen molar-refractivity contribution >= 4 is 5.91 Å². The van der Waals surface area contributed by atoms with Crippen LogP contribution in [-0.4, -0.2) is 72.7 Å². The second-order valence-electron chi connectivity index (χ2n) is 5.22. The zero-order chi connectivity index (χ0) is 13.6. The Morgan fingerprint density at radius 2 is 1.78 bits per heavy atom. The highest BCUT2D eigenvalue weighted by molar-refractivity contribution is 5.78. The van der Waals surface area contributed by atoms with E-state index < -0.39 is 5.60 Å². The lowest BCUT2D eigenvalue weighted by Crippen LogP contribution is -2.50. The van der Waals surface area contributed by atoms with Gasteiger partial charge in [0.2, 0.25) is 5.91 Å². The normalized spacial score (nSPS) is 18.1. The molecule has 0 aromatic carbocycles. The Hall–Kier alpha value is -0.650. The first-order valence-corrected chi connectivity index (χ1v) is 6.90. The van der Waals surface area contributed by atoms with Crippen LogP contribution >= 0.6 is 0 Å². The number of hydrogen-bond acceptors (Lipinski definition) is 4. The van der Waals surface area contributed by atoms with E-state index in [1.807, 2.05) is 18.7 Å². The first kappa shape index (κ1) is 15.4. The van der Waals surface area contributed by atoms with Gasteiger partial charge < -0.3 is 20.2 Å². The van der Waals surface area contributed by atoms with Crippen molar-refractivity contribution in [3.8, 4) is 0 Å². The van der Waals surface area contributed by atoms with Crippen LogP contribution in [0.15, 0.2) is 0 Å². The fourth-order valence-electron chi connectivity index (χ4n) is 2.07. The van der Waals surface area contributed by atoms with Gasteiger partial charge in [-0.15, -0.1) is 0 Å². The standard InChI is InChI=1S/C13H27N3O2/c1-4-13(18,5-2)11-14-10-12(17)16-8-6-15(3)7-9-16/h14,18H,4-11H2,1-3H3. The quantitative estimate of drug-likeness (QED) is 0.698. The second kappa shape index (κ2) is 7.07. The van der Waals surface area contributed by atoms with E-state index in [1.54, 1.807) is 0 Å². The number of aliphatic hydroxyl groups is 1. The molecule has 1 rings (SSSR count).